The molecule has 0 aliphatic heterocycles. The minimum Gasteiger partial charge on any atom is -0.466 e. The van der Waals surface area contributed by atoms with Crippen LogP contribution in [0, 0.1) is 19.8 Å². The SMILES string of the molecule is [2H]N(C(=O)c1c(C)nn(-c2ccccn2)c1C)[C@H](C(=O)N[C@@H](CCC(=O)OCC)C(=O)OCC)C(C)C. The summed E-state index contributed by atoms with van der Waals surface area (Å²) in [5.41, 5.74) is 1.04. The molecule has 11 nitrogen and oxygen atoms in total. The summed E-state index contributed by atoms with van der Waals surface area (Å²) < 4.78 is 20.0. The van der Waals surface area contributed by atoms with E-state index in [1.165, 1.54) is 4.68 Å². The lowest BCUT2D eigenvalue weighted by Crippen LogP contribution is -2.54. The Morgan fingerprint density at radius 1 is 1.11 bits per heavy atom. The maximum Gasteiger partial charge on any atom is 0.328 e. The van der Waals surface area contributed by atoms with Gasteiger partial charge in [-0.2, -0.15) is 5.10 Å². The van der Waals surface area contributed by atoms with Crippen LogP contribution in [0.5, 0.6) is 0 Å². The fourth-order valence-corrected chi connectivity index (χ4v) is 3.60. The summed E-state index contributed by atoms with van der Waals surface area (Å²) in [5.74, 6) is -2.62. The van der Waals surface area contributed by atoms with Crippen molar-refractivity contribution in [2.75, 3.05) is 13.2 Å². The molecular weight excluding hydrogens is 466 g/mol. The van der Waals surface area contributed by atoms with E-state index in [4.69, 9.17) is 10.9 Å². The molecule has 2 aromatic rings. The third kappa shape index (κ3) is 7.37. The number of aryl methyl sites for hydroxylation is 1. The van der Waals surface area contributed by atoms with Gasteiger partial charge in [0.2, 0.25) is 5.91 Å². The topological polar surface area (TPSA) is 142 Å². The van der Waals surface area contributed by atoms with Gasteiger partial charge in [0.05, 0.1) is 30.2 Å². The maximum absolute atomic E-state index is 13.4. The molecule has 0 aliphatic carbocycles. The molecule has 2 atom stereocenters. The van der Waals surface area contributed by atoms with Gasteiger partial charge in [0.15, 0.2) is 7.23 Å². The van der Waals surface area contributed by atoms with E-state index in [0.717, 1.165) is 0 Å². The first-order valence-corrected chi connectivity index (χ1v) is 12.0. The van der Waals surface area contributed by atoms with Gasteiger partial charge in [0, 0.05) is 12.6 Å². The molecule has 0 spiro atoms. The molecule has 0 aliphatic rings. The van der Waals surface area contributed by atoms with Crippen molar-refractivity contribution in [3.8, 4) is 5.82 Å². The highest BCUT2D eigenvalue weighted by Gasteiger charge is 2.31. The molecule has 2 heterocycles. The second kappa shape index (κ2) is 13.4. The van der Waals surface area contributed by atoms with E-state index in [9.17, 15) is 19.2 Å². The Hall–Kier alpha value is -3.76. The molecule has 2 rings (SSSR count). The predicted molar refractivity (Wildman–Crippen MR) is 131 cm³/mol. The summed E-state index contributed by atoms with van der Waals surface area (Å²) in [6, 6.07) is 2.91. The third-order valence-corrected chi connectivity index (χ3v) is 5.36. The number of pyridine rings is 1. The summed E-state index contributed by atoms with van der Waals surface area (Å²) >= 11 is 0. The second-order valence-corrected chi connectivity index (χ2v) is 8.43. The van der Waals surface area contributed by atoms with Gasteiger partial charge >= 0.3 is 11.9 Å². The Bertz CT molecular complexity index is 1100. The van der Waals surface area contributed by atoms with Gasteiger partial charge in [-0.25, -0.2) is 14.5 Å². The quantitative estimate of drug-likeness (QED) is 0.420. The first-order chi connectivity index (χ1) is 17.5. The molecule has 0 radical (unpaired) electrons. The lowest BCUT2D eigenvalue weighted by atomic mass is 10.0. The molecule has 196 valence electrons. The Morgan fingerprint density at radius 3 is 2.39 bits per heavy atom. The number of aromatic nitrogens is 3. The van der Waals surface area contributed by atoms with Crippen molar-refractivity contribution in [3.05, 3.63) is 41.3 Å². The molecule has 2 aromatic heterocycles. The Balaban J connectivity index is 2.28. The molecule has 11 heteroatoms. The van der Waals surface area contributed by atoms with Crippen molar-refractivity contribution in [2.45, 2.75) is 66.5 Å². The Labute approximate surface area is 212 Å². The average molecular weight is 503 g/mol. The molecule has 0 saturated carbocycles. The molecular formula is C25H35N5O6. The number of rotatable bonds is 12. The van der Waals surface area contributed by atoms with E-state index in [-0.39, 0.29) is 31.6 Å². The van der Waals surface area contributed by atoms with Crippen LogP contribution in [0.3, 0.4) is 0 Å². The van der Waals surface area contributed by atoms with Gasteiger partial charge in [0.1, 0.15) is 12.1 Å². The van der Waals surface area contributed by atoms with Gasteiger partial charge in [-0.1, -0.05) is 19.9 Å². The Morgan fingerprint density at radius 2 is 1.81 bits per heavy atom. The van der Waals surface area contributed by atoms with Gasteiger partial charge in [-0.15, -0.1) is 0 Å². The average Bonchev–Trinajstić information content (AvgIpc) is 3.15. The van der Waals surface area contributed by atoms with E-state index in [0.29, 0.717) is 22.5 Å². The maximum atomic E-state index is 13.4. The fourth-order valence-electron chi connectivity index (χ4n) is 3.60. The molecule has 36 heavy (non-hydrogen) atoms. The van der Waals surface area contributed by atoms with Crippen LogP contribution >= 0.6 is 0 Å². The van der Waals surface area contributed by atoms with Gasteiger partial charge in [-0.05, 0) is 52.2 Å². The van der Waals surface area contributed by atoms with Crippen molar-refractivity contribution >= 4 is 23.8 Å². The number of hydrogen-bond donors (Lipinski definition) is 2. The summed E-state index contributed by atoms with van der Waals surface area (Å²) in [4.78, 5) is 55.2. The van der Waals surface area contributed by atoms with Crippen molar-refractivity contribution in [1.82, 2.24) is 25.4 Å². The zero-order chi connectivity index (χ0) is 27.7. The number of hydrogen-bond acceptors (Lipinski definition) is 8. The lowest BCUT2D eigenvalue weighted by molar-refractivity contribution is -0.149. The second-order valence-electron chi connectivity index (χ2n) is 8.43. The van der Waals surface area contributed by atoms with E-state index < -0.39 is 41.8 Å². The van der Waals surface area contributed by atoms with Crippen LogP contribution in [-0.2, 0) is 23.9 Å². The number of nitrogens with one attached hydrogen (secondary N) is 2. The molecule has 0 fully saturated rings. The fraction of sp³-hybridized carbons (Fsp3) is 0.520. The standard InChI is InChI=1S/C25H35N5O6/c1-7-35-20(31)13-12-18(25(34)36-8-2)27-24(33)22(15(3)4)28-23(32)21-16(5)29-30(17(21)6)19-11-9-10-14-26-19/h9-11,14-15,18,22H,7-8,12-13H2,1-6H3,(H,27,33)(H,28,32)/t18-,22-/m0/s1/i/hD. The van der Waals surface area contributed by atoms with Crippen molar-refractivity contribution < 1.29 is 30.1 Å². The number of carbonyl (C=O) groups is 4. The van der Waals surface area contributed by atoms with Crippen molar-refractivity contribution in [3.63, 3.8) is 0 Å². The van der Waals surface area contributed by atoms with Gasteiger partial charge in [-0.3, -0.25) is 14.4 Å². The van der Waals surface area contributed by atoms with Crippen LogP contribution in [0.2, 0.25) is 1.41 Å². The van der Waals surface area contributed by atoms with Crippen LogP contribution in [0.4, 0.5) is 0 Å². The summed E-state index contributed by atoms with van der Waals surface area (Å²) in [6.45, 7) is 10.3. The van der Waals surface area contributed by atoms with E-state index in [2.05, 4.69) is 15.4 Å². The first kappa shape index (κ1) is 26.8. The minimum atomic E-state index is -1.23. The molecule has 0 saturated heterocycles. The highest BCUT2D eigenvalue weighted by molar-refractivity contribution is 6.00. The van der Waals surface area contributed by atoms with Crippen LogP contribution in [0.1, 0.15) is 62.3 Å². The highest BCUT2D eigenvalue weighted by Crippen LogP contribution is 2.17. The van der Waals surface area contributed by atoms with E-state index in [1.54, 1.807) is 65.9 Å². The summed E-state index contributed by atoms with van der Waals surface area (Å²) in [5, 5.41) is 7.57. The van der Waals surface area contributed by atoms with Crippen LogP contribution < -0.4 is 10.6 Å². The Kier molecular flexibility index (Phi) is 9.96. The van der Waals surface area contributed by atoms with Crippen LogP contribution in [0.25, 0.3) is 5.82 Å². The smallest absolute Gasteiger partial charge is 0.328 e. The van der Waals surface area contributed by atoms with Gasteiger partial charge < -0.3 is 20.1 Å². The van der Waals surface area contributed by atoms with Crippen LogP contribution in [-0.4, -0.2) is 63.8 Å². The van der Waals surface area contributed by atoms with E-state index in [1.807, 2.05) is 0 Å². The first-order valence-electron chi connectivity index (χ1n) is 12.4. The minimum absolute atomic E-state index is 0.0464. The van der Waals surface area contributed by atoms with Crippen LogP contribution in [0.15, 0.2) is 24.4 Å². The van der Waals surface area contributed by atoms with Crippen molar-refractivity contribution in [2.24, 2.45) is 5.92 Å². The predicted octanol–water partition coefficient (Wildman–Crippen LogP) is 2.03. The molecule has 0 bridgehead atoms. The number of ether oxygens (including phenoxy) is 2. The number of esters is 2. The normalized spacial score (nSPS) is 12.9. The summed E-state index contributed by atoms with van der Waals surface area (Å²) in [6.07, 6.45) is 1.44. The largest absolute Gasteiger partial charge is 0.466 e. The van der Waals surface area contributed by atoms with Crippen molar-refractivity contribution in [1.29, 1.82) is 0 Å². The molecule has 2 amide bonds. The van der Waals surface area contributed by atoms with Gasteiger partial charge in [0.25, 0.3) is 5.91 Å². The number of amides is 2. The highest BCUT2D eigenvalue weighted by atomic mass is 16.5. The van der Waals surface area contributed by atoms with E-state index >= 15 is 0 Å². The number of carbonyl (C=O) groups excluding carboxylic acids is 4. The molecule has 0 aromatic carbocycles. The molecule has 0 unspecified atom stereocenters. The zero-order valence-electron chi connectivity index (χ0n) is 22.6. The summed E-state index contributed by atoms with van der Waals surface area (Å²) in [7, 11) is 0. The zero-order valence-corrected chi connectivity index (χ0v) is 21.6. The number of nitrogens with zero attached hydrogens (tertiary/aromatic N) is 3. The monoisotopic (exact) mass is 502 g/mol. The third-order valence-electron chi connectivity index (χ3n) is 5.36. The lowest BCUT2D eigenvalue weighted by Gasteiger charge is -2.25. The molecule has 2 N–H and O–H groups in total.